The average Bonchev–Trinajstić information content (AvgIpc) is 3.08. The van der Waals surface area contributed by atoms with Gasteiger partial charge in [0.05, 0.1) is 5.69 Å². The maximum atomic E-state index is 13.2. The van der Waals surface area contributed by atoms with Gasteiger partial charge in [0.1, 0.15) is 17.9 Å². The molecule has 4 aromatic rings. The summed E-state index contributed by atoms with van der Waals surface area (Å²) in [6.45, 7) is 3.89. The number of anilines is 2. The van der Waals surface area contributed by atoms with Crippen LogP contribution >= 0.6 is 0 Å². The topological polar surface area (TPSA) is 94.0 Å². The minimum Gasteiger partial charge on any atom is -0.438 e. The van der Waals surface area contributed by atoms with Crippen LogP contribution in [-0.4, -0.2) is 25.8 Å². The van der Waals surface area contributed by atoms with Crippen LogP contribution in [-0.2, 0) is 0 Å². The predicted octanol–water partition coefficient (Wildman–Crippen LogP) is 4.85. The number of ether oxygens (including phenoxy) is 1. The van der Waals surface area contributed by atoms with Gasteiger partial charge in [0, 0.05) is 23.1 Å². The third kappa shape index (κ3) is 4.84. The molecule has 0 aliphatic heterocycles. The summed E-state index contributed by atoms with van der Waals surface area (Å²) in [7, 11) is 0. The number of nitrogens with one attached hydrogen (secondary N) is 2. The van der Waals surface area contributed by atoms with Crippen LogP contribution in [0.4, 0.5) is 20.6 Å². The third-order valence-electron chi connectivity index (χ3n) is 4.54. The first-order valence-corrected chi connectivity index (χ1v) is 9.44. The number of hydrogen-bond acceptors (Lipinski definition) is 5. The van der Waals surface area contributed by atoms with Crippen molar-refractivity contribution in [1.82, 2.24) is 19.7 Å². The Morgan fingerprint density at radius 1 is 0.968 bits per heavy atom. The molecule has 8 nitrogen and oxygen atoms in total. The number of rotatable bonds is 5. The number of urea groups is 1. The largest absolute Gasteiger partial charge is 0.438 e. The van der Waals surface area contributed by atoms with E-state index in [9.17, 15) is 9.18 Å². The highest BCUT2D eigenvalue weighted by Crippen LogP contribution is 2.22. The summed E-state index contributed by atoms with van der Waals surface area (Å²) in [5.74, 6) is 1.09. The number of amides is 2. The van der Waals surface area contributed by atoms with Gasteiger partial charge in [-0.15, -0.1) is 10.2 Å². The first-order chi connectivity index (χ1) is 15.0. The second-order valence-electron chi connectivity index (χ2n) is 6.73. The van der Waals surface area contributed by atoms with Gasteiger partial charge in [0.25, 0.3) is 0 Å². The molecule has 0 aliphatic rings. The molecule has 9 heteroatoms. The molecule has 2 aromatic carbocycles. The van der Waals surface area contributed by atoms with Gasteiger partial charge < -0.3 is 15.4 Å². The molecular weight excluding hydrogens is 399 g/mol. The summed E-state index contributed by atoms with van der Waals surface area (Å²) in [5, 5.41) is 13.5. The second kappa shape index (κ2) is 8.62. The first-order valence-electron chi connectivity index (χ1n) is 9.44. The number of hydrogen-bond donors (Lipinski definition) is 2. The quantitative estimate of drug-likeness (QED) is 0.483. The fourth-order valence-electron chi connectivity index (χ4n) is 2.81. The highest BCUT2D eigenvalue weighted by molar-refractivity contribution is 5.99. The van der Waals surface area contributed by atoms with E-state index in [2.05, 4.69) is 25.8 Å². The minimum absolute atomic E-state index is 0.336. The third-order valence-corrected chi connectivity index (χ3v) is 4.54. The summed E-state index contributed by atoms with van der Waals surface area (Å²) in [5.41, 5.74) is 2.84. The van der Waals surface area contributed by atoms with E-state index >= 15 is 0 Å². The van der Waals surface area contributed by atoms with Crippen molar-refractivity contribution in [1.29, 1.82) is 0 Å². The number of carbonyl (C=O) groups excluding carboxylic acids is 1. The van der Waals surface area contributed by atoms with Crippen LogP contribution in [0.5, 0.6) is 11.6 Å². The van der Waals surface area contributed by atoms with Crippen LogP contribution in [0.3, 0.4) is 0 Å². The van der Waals surface area contributed by atoms with Crippen LogP contribution < -0.4 is 15.4 Å². The summed E-state index contributed by atoms with van der Waals surface area (Å²) < 4.78 is 20.7. The van der Waals surface area contributed by atoms with Gasteiger partial charge in [0.2, 0.25) is 5.88 Å². The van der Waals surface area contributed by atoms with Gasteiger partial charge in [-0.05, 0) is 62.4 Å². The van der Waals surface area contributed by atoms with E-state index in [4.69, 9.17) is 4.74 Å². The van der Waals surface area contributed by atoms with Gasteiger partial charge in [-0.2, -0.15) is 0 Å². The van der Waals surface area contributed by atoms with E-state index in [-0.39, 0.29) is 0 Å². The van der Waals surface area contributed by atoms with Crippen LogP contribution in [0.1, 0.15) is 11.4 Å². The Labute approximate surface area is 177 Å². The summed E-state index contributed by atoms with van der Waals surface area (Å²) in [6, 6.07) is 15.4. The molecule has 2 aromatic heterocycles. The number of aromatic nitrogens is 4. The Morgan fingerprint density at radius 2 is 1.74 bits per heavy atom. The molecule has 2 N–H and O–H groups in total. The Balaban J connectivity index is 1.36. The van der Waals surface area contributed by atoms with E-state index in [1.54, 1.807) is 48.8 Å². The lowest BCUT2D eigenvalue weighted by molar-refractivity contribution is 0.262. The summed E-state index contributed by atoms with van der Waals surface area (Å²) in [4.78, 5) is 16.3. The molecule has 4 rings (SSSR count). The van der Waals surface area contributed by atoms with E-state index < -0.39 is 11.8 Å². The lowest BCUT2D eigenvalue weighted by Gasteiger charge is -2.09. The minimum atomic E-state index is -0.481. The Morgan fingerprint density at radius 3 is 2.39 bits per heavy atom. The zero-order valence-corrected chi connectivity index (χ0v) is 16.8. The molecule has 0 saturated heterocycles. The molecule has 2 heterocycles. The maximum Gasteiger partial charge on any atom is 0.323 e. The summed E-state index contributed by atoms with van der Waals surface area (Å²) in [6.07, 6.45) is 1.70. The molecule has 0 radical (unpaired) electrons. The Hall–Kier alpha value is -4.27. The fourth-order valence-corrected chi connectivity index (χ4v) is 2.81. The van der Waals surface area contributed by atoms with E-state index in [1.807, 2.05) is 18.4 Å². The molecule has 0 bridgehead atoms. The first kappa shape index (κ1) is 20.0. The van der Waals surface area contributed by atoms with E-state index in [0.29, 0.717) is 28.8 Å². The van der Waals surface area contributed by atoms with Crippen LogP contribution in [0, 0.1) is 19.7 Å². The van der Waals surface area contributed by atoms with Crippen molar-refractivity contribution in [2.24, 2.45) is 0 Å². The van der Waals surface area contributed by atoms with Crippen LogP contribution in [0.25, 0.3) is 5.82 Å². The molecule has 0 fully saturated rings. The molecule has 0 unspecified atom stereocenters. The van der Waals surface area contributed by atoms with Crippen molar-refractivity contribution in [3.63, 3.8) is 0 Å². The SMILES string of the molecule is Cc1ncn(-c2ccc(Oc3ccc(NC(=O)Nc4cccc(F)c4)cc3)nn2)c1C. The predicted molar refractivity (Wildman–Crippen MR) is 114 cm³/mol. The smallest absolute Gasteiger partial charge is 0.323 e. The molecule has 2 amide bonds. The Kier molecular flexibility index (Phi) is 5.57. The maximum absolute atomic E-state index is 13.2. The van der Waals surface area contributed by atoms with Gasteiger partial charge in [0.15, 0.2) is 5.82 Å². The molecule has 156 valence electrons. The van der Waals surface area contributed by atoms with Crippen LogP contribution in [0.15, 0.2) is 67.0 Å². The van der Waals surface area contributed by atoms with Gasteiger partial charge in [-0.25, -0.2) is 14.2 Å². The van der Waals surface area contributed by atoms with Crippen molar-refractivity contribution < 1.29 is 13.9 Å². The lowest BCUT2D eigenvalue weighted by Crippen LogP contribution is -2.19. The normalized spacial score (nSPS) is 10.5. The molecule has 0 atom stereocenters. The van der Waals surface area contributed by atoms with Crippen molar-refractivity contribution in [2.75, 3.05) is 10.6 Å². The molecule has 0 spiro atoms. The van der Waals surface area contributed by atoms with Crippen molar-refractivity contribution in [2.45, 2.75) is 13.8 Å². The lowest BCUT2D eigenvalue weighted by atomic mass is 10.3. The standard InChI is InChI=1S/C22H19FN6O2/c1-14-15(2)29(13-24-14)20-10-11-21(28-27-20)31-19-8-6-17(7-9-19)25-22(30)26-18-5-3-4-16(23)12-18/h3-13H,1-2H3,(H2,25,26,30). The molecule has 31 heavy (non-hydrogen) atoms. The molecular formula is C22H19FN6O2. The van der Waals surface area contributed by atoms with Crippen molar-refractivity contribution in [3.05, 3.63) is 84.2 Å². The molecule has 0 aliphatic carbocycles. The van der Waals surface area contributed by atoms with E-state index in [0.717, 1.165) is 11.4 Å². The second-order valence-corrected chi connectivity index (χ2v) is 6.73. The number of nitrogens with zero attached hydrogens (tertiary/aromatic N) is 4. The fraction of sp³-hybridized carbons (Fsp3) is 0.0909. The molecule has 0 saturated carbocycles. The monoisotopic (exact) mass is 418 g/mol. The van der Waals surface area contributed by atoms with Gasteiger partial charge in [-0.3, -0.25) is 4.57 Å². The highest BCUT2D eigenvalue weighted by Gasteiger charge is 2.08. The number of aryl methyl sites for hydroxylation is 1. The van der Waals surface area contributed by atoms with Crippen molar-refractivity contribution >= 4 is 17.4 Å². The van der Waals surface area contributed by atoms with Gasteiger partial charge in [-0.1, -0.05) is 6.07 Å². The highest BCUT2D eigenvalue weighted by atomic mass is 19.1. The Bertz CT molecular complexity index is 1210. The number of imidazole rings is 1. The number of halogens is 1. The zero-order valence-electron chi connectivity index (χ0n) is 16.8. The van der Waals surface area contributed by atoms with Gasteiger partial charge >= 0.3 is 6.03 Å². The van der Waals surface area contributed by atoms with Crippen molar-refractivity contribution in [3.8, 4) is 17.4 Å². The van der Waals surface area contributed by atoms with E-state index in [1.165, 1.54) is 18.2 Å². The average molecular weight is 418 g/mol. The zero-order chi connectivity index (χ0) is 21.8. The number of carbonyl (C=O) groups is 1. The number of benzene rings is 2. The summed E-state index contributed by atoms with van der Waals surface area (Å²) >= 11 is 0. The van der Waals surface area contributed by atoms with Crippen LogP contribution in [0.2, 0.25) is 0 Å².